The molecule has 9 heteroatoms. The number of aliphatic hydroxyl groups excluding tert-OH is 2. The van der Waals surface area contributed by atoms with Crippen LogP contribution in [0.5, 0.6) is 0 Å². The van der Waals surface area contributed by atoms with Crippen LogP contribution in [0.1, 0.15) is 0 Å². The summed E-state index contributed by atoms with van der Waals surface area (Å²) >= 11 is 0. The van der Waals surface area contributed by atoms with E-state index in [1.165, 1.54) is 0 Å². The second kappa shape index (κ2) is 3.59. The minimum absolute atomic E-state index is 1.41. The molecule has 1 aliphatic heterocycles. The van der Waals surface area contributed by atoms with Crippen LogP contribution in [-0.2, 0) is 27.9 Å². The number of aliphatic hydroxyl groups is 2. The summed E-state index contributed by atoms with van der Waals surface area (Å²) in [4.78, 5) is 25.0. The first-order valence-electron chi connectivity index (χ1n) is 3.02. The second-order valence-corrected chi connectivity index (χ2v) is 2.92. The third-order valence-electron chi connectivity index (χ3n) is 1.16. The Morgan fingerprint density at radius 2 is 1.69 bits per heavy atom. The van der Waals surface area contributed by atoms with Crippen molar-refractivity contribution in [1.82, 2.24) is 0 Å². The van der Waals surface area contributed by atoms with Crippen LogP contribution in [0.3, 0.4) is 0 Å². The molecule has 13 heavy (non-hydrogen) atoms. The molecule has 8 nitrogen and oxygen atoms in total. The summed E-state index contributed by atoms with van der Waals surface area (Å²) in [6.45, 7) is 0. The Balaban J connectivity index is 2.79. The molecule has 72 valence electrons. The molecule has 1 rings (SSSR count). The molecule has 2 atom stereocenters. The second-order valence-electron chi connectivity index (χ2n) is 2.05. The van der Waals surface area contributed by atoms with E-state index < -0.39 is 33.3 Å². The summed E-state index contributed by atoms with van der Waals surface area (Å²) in [5.41, 5.74) is 0. The van der Waals surface area contributed by atoms with Crippen LogP contribution in [0.2, 0.25) is 0 Å². The number of carbonyl (C=O) groups excluding carboxylic acids is 2. The van der Waals surface area contributed by atoms with Crippen molar-refractivity contribution in [3.8, 4) is 0 Å². The van der Waals surface area contributed by atoms with Crippen LogP contribution in [0.15, 0.2) is 0 Å². The van der Waals surface area contributed by atoms with Gasteiger partial charge in [0, 0.05) is 0 Å². The van der Waals surface area contributed by atoms with Crippen molar-refractivity contribution in [2.45, 2.75) is 12.2 Å². The minimum Gasteiger partial charge on any atom is -0.426 e. The fraction of sp³-hybridized carbons (Fsp3) is 0.500. The Bertz CT molecular complexity index is 261. The fourth-order valence-corrected chi connectivity index (χ4v) is 1.01. The van der Waals surface area contributed by atoms with Crippen molar-refractivity contribution >= 4 is 21.1 Å². The van der Waals surface area contributed by atoms with E-state index in [0.717, 1.165) is 0 Å². The Morgan fingerprint density at radius 3 is 2.31 bits per heavy atom. The molecule has 2 unspecified atom stereocenters. The minimum atomic E-state index is -3.30. The summed E-state index contributed by atoms with van der Waals surface area (Å²) < 4.78 is 18.2. The average molecular weight is 208 g/mol. The van der Waals surface area contributed by atoms with Gasteiger partial charge in [-0.25, -0.2) is 9.59 Å². The van der Waals surface area contributed by atoms with E-state index in [-0.39, 0.29) is 0 Å². The molecule has 0 amide bonds. The molecular weight excluding hydrogens is 204 g/mol. The molecule has 0 aromatic rings. The normalized spacial score (nSPS) is 29.5. The third kappa shape index (κ3) is 2.08. The lowest BCUT2D eigenvalue weighted by Gasteiger charge is -2.16. The van der Waals surface area contributed by atoms with Gasteiger partial charge in [0.2, 0.25) is 0 Å². The van der Waals surface area contributed by atoms with Gasteiger partial charge >= 0.3 is 21.1 Å². The Kier molecular flexibility index (Phi) is 2.70. The Hall–Kier alpha value is -1.32. The monoisotopic (exact) mass is 208 g/mol. The molecule has 1 aliphatic rings. The summed E-state index contributed by atoms with van der Waals surface area (Å²) in [5.74, 6) is -2.82. The predicted octanol–water partition coefficient (Wildman–Crippen LogP) is -2.84. The van der Waals surface area contributed by atoms with Crippen molar-refractivity contribution in [1.29, 1.82) is 0 Å². The summed E-state index contributed by atoms with van der Waals surface area (Å²) in [5, 5.41) is 17.6. The molecule has 1 fully saturated rings. The average Bonchev–Trinajstić information content (AvgIpc) is 2.10. The van der Waals surface area contributed by atoms with Gasteiger partial charge in [-0.2, -0.15) is 0 Å². The first-order chi connectivity index (χ1) is 6.02. The zero-order valence-electron chi connectivity index (χ0n) is 6.00. The molecule has 1 saturated heterocycles. The van der Waals surface area contributed by atoms with Gasteiger partial charge in [0.15, 0.2) is 12.2 Å². The highest BCUT2D eigenvalue weighted by Crippen LogP contribution is 2.03. The zero-order valence-corrected chi connectivity index (χ0v) is 7.00. The van der Waals surface area contributed by atoms with Crippen molar-refractivity contribution < 1.29 is 38.2 Å². The van der Waals surface area contributed by atoms with Gasteiger partial charge < -0.3 is 14.6 Å². The van der Waals surface area contributed by atoms with Gasteiger partial charge in [0.1, 0.15) is 0 Å². The van der Waals surface area contributed by atoms with Crippen LogP contribution < -0.4 is 0 Å². The molecule has 0 saturated carbocycles. The topological polar surface area (TPSA) is 119 Å². The molecule has 0 aliphatic carbocycles. The number of hydrogen-bond donors (Lipinski definition) is 2. The lowest BCUT2D eigenvalue weighted by Crippen LogP contribution is -2.45. The Morgan fingerprint density at radius 1 is 1.15 bits per heavy atom. The predicted molar refractivity (Wildman–Crippen MR) is 31.7 cm³/mol. The van der Waals surface area contributed by atoms with E-state index in [1.54, 1.807) is 0 Å². The van der Waals surface area contributed by atoms with Crippen molar-refractivity contribution in [3.05, 3.63) is 0 Å². The first-order valence-corrected chi connectivity index (χ1v) is 4.25. The molecule has 1 heterocycles. The van der Waals surface area contributed by atoms with Crippen molar-refractivity contribution in [3.63, 3.8) is 0 Å². The molecule has 0 spiro atoms. The van der Waals surface area contributed by atoms with Gasteiger partial charge in [-0.1, -0.05) is 0 Å². The summed E-state index contributed by atoms with van der Waals surface area (Å²) in [6.07, 6.45) is -4.23. The smallest absolute Gasteiger partial charge is 0.426 e. The zero-order chi connectivity index (χ0) is 10.0. The maximum Gasteiger partial charge on any atom is 0.818 e. The van der Waals surface area contributed by atoms with Gasteiger partial charge in [-0.15, -0.1) is 0 Å². The fourth-order valence-electron chi connectivity index (χ4n) is 0.542. The Labute approximate surface area is 72.5 Å². The van der Waals surface area contributed by atoms with E-state index in [4.69, 9.17) is 10.2 Å². The van der Waals surface area contributed by atoms with Gasteiger partial charge in [-0.05, 0) is 0 Å². The standard InChI is InChI=1S/C4H4O8Si/c5-1-2(6)4(8)11-13(9)12-10-3(1)7/h1-2,5-6H. The molecular formula is C4H4O8Si. The van der Waals surface area contributed by atoms with Crippen LogP contribution in [0.4, 0.5) is 0 Å². The maximum absolute atomic E-state index is 10.6. The van der Waals surface area contributed by atoms with Gasteiger partial charge in [0.25, 0.3) is 0 Å². The van der Waals surface area contributed by atoms with E-state index in [9.17, 15) is 14.1 Å². The van der Waals surface area contributed by atoms with Crippen molar-refractivity contribution in [2.75, 3.05) is 0 Å². The molecule has 0 radical (unpaired) electrons. The number of rotatable bonds is 0. The SMILES string of the molecule is O=C1OO[Si](=O)OC(=O)C(O)C1O. The number of carbonyl (C=O) groups is 2. The maximum atomic E-state index is 10.6. The van der Waals surface area contributed by atoms with E-state index >= 15 is 0 Å². The highest BCUT2D eigenvalue weighted by Gasteiger charge is 2.39. The number of hydrogen-bond acceptors (Lipinski definition) is 8. The lowest BCUT2D eigenvalue weighted by atomic mass is 10.2. The molecule has 2 N–H and O–H groups in total. The summed E-state index contributed by atoms with van der Waals surface area (Å²) in [6, 6.07) is 0. The molecule has 0 aromatic heterocycles. The first kappa shape index (κ1) is 9.76. The van der Waals surface area contributed by atoms with E-state index in [0.29, 0.717) is 0 Å². The molecule has 0 aromatic carbocycles. The largest absolute Gasteiger partial charge is 0.818 e. The van der Waals surface area contributed by atoms with Crippen molar-refractivity contribution in [2.24, 2.45) is 0 Å². The highest BCUT2D eigenvalue weighted by atomic mass is 28.3. The van der Waals surface area contributed by atoms with Crippen LogP contribution in [-0.4, -0.2) is 43.5 Å². The summed E-state index contributed by atoms with van der Waals surface area (Å²) in [7, 11) is -3.30. The highest BCUT2D eigenvalue weighted by molar-refractivity contribution is 6.30. The van der Waals surface area contributed by atoms with Gasteiger partial charge in [0.05, 0.1) is 0 Å². The molecule has 0 bridgehead atoms. The van der Waals surface area contributed by atoms with Crippen LogP contribution in [0.25, 0.3) is 0 Å². The van der Waals surface area contributed by atoms with Gasteiger partial charge in [-0.3, -0.25) is 13.9 Å². The quantitative estimate of drug-likeness (QED) is 0.322. The van der Waals surface area contributed by atoms with E-state index in [2.05, 4.69) is 13.9 Å². The van der Waals surface area contributed by atoms with Crippen LogP contribution in [0, 0.1) is 0 Å². The third-order valence-corrected chi connectivity index (χ3v) is 1.75. The van der Waals surface area contributed by atoms with E-state index in [1.807, 2.05) is 0 Å². The lowest BCUT2D eigenvalue weighted by molar-refractivity contribution is -0.244. The van der Waals surface area contributed by atoms with Crippen LogP contribution >= 0.6 is 0 Å².